The second kappa shape index (κ2) is 7.38. The van der Waals surface area contributed by atoms with Crippen molar-refractivity contribution in [2.24, 2.45) is 11.7 Å². The van der Waals surface area contributed by atoms with E-state index in [-0.39, 0.29) is 18.4 Å². The minimum atomic E-state index is -1.03. The van der Waals surface area contributed by atoms with Gasteiger partial charge in [-0.1, -0.05) is 6.92 Å². The minimum absolute atomic E-state index is 0.0999. The lowest BCUT2D eigenvalue weighted by Crippen LogP contribution is -2.20. The van der Waals surface area contributed by atoms with Crippen molar-refractivity contribution in [3.63, 3.8) is 0 Å². The van der Waals surface area contributed by atoms with E-state index in [0.29, 0.717) is 24.4 Å². The molecule has 1 rings (SSSR count). The van der Waals surface area contributed by atoms with Gasteiger partial charge in [-0.05, 0) is 36.7 Å². The Balaban J connectivity index is 2.47. The molecule has 0 aliphatic rings. The summed E-state index contributed by atoms with van der Waals surface area (Å²) in [6.07, 6.45) is 0.369. The van der Waals surface area contributed by atoms with Gasteiger partial charge >= 0.3 is 5.97 Å². The summed E-state index contributed by atoms with van der Waals surface area (Å²) in [4.78, 5) is 21.9. The average Bonchev–Trinajstić information content (AvgIpc) is 2.37. The maximum atomic E-state index is 11.6. The van der Waals surface area contributed by atoms with Crippen molar-refractivity contribution in [3.05, 3.63) is 24.3 Å². The highest BCUT2D eigenvalue weighted by Gasteiger charge is 2.07. The van der Waals surface area contributed by atoms with E-state index < -0.39 is 5.97 Å². The molecule has 1 aromatic carbocycles. The molecule has 0 fully saturated rings. The van der Waals surface area contributed by atoms with Gasteiger partial charge in [0.15, 0.2) is 6.61 Å². The molecule has 1 unspecified atom stereocenters. The number of benzene rings is 1. The van der Waals surface area contributed by atoms with E-state index in [2.05, 4.69) is 5.32 Å². The van der Waals surface area contributed by atoms with Crippen LogP contribution in [0.25, 0.3) is 0 Å². The van der Waals surface area contributed by atoms with Gasteiger partial charge < -0.3 is 20.9 Å². The number of ether oxygens (including phenoxy) is 1. The first-order valence-electron chi connectivity index (χ1n) is 5.96. The fraction of sp³-hybridized carbons (Fsp3) is 0.385. The third-order valence-corrected chi connectivity index (χ3v) is 2.44. The fourth-order valence-corrected chi connectivity index (χ4v) is 1.39. The Morgan fingerprint density at radius 1 is 1.37 bits per heavy atom. The first-order chi connectivity index (χ1) is 9.01. The van der Waals surface area contributed by atoms with Crippen LogP contribution in [0.4, 0.5) is 5.69 Å². The molecular formula is C13H18N2O4. The molecule has 104 valence electrons. The van der Waals surface area contributed by atoms with Gasteiger partial charge in [0.25, 0.3) is 0 Å². The van der Waals surface area contributed by atoms with Crippen LogP contribution in [0.2, 0.25) is 0 Å². The monoisotopic (exact) mass is 266 g/mol. The maximum absolute atomic E-state index is 11.6. The quantitative estimate of drug-likeness (QED) is 0.685. The number of carboxylic acid groups (broad SMARTS) is 1. The lowest BCUT2D eigenvalue weighted by molar-refractivity contribution is -0.139. The van der Waals surface area contributed by atoms with Crippen LogP contribution in [-0.2, 0) is 9.59 Å². The lowest BCUT2D eigenvalue weighted by Gasteiger charge is -2.09. The van der Waals surface area contributed by atoms with Crippen LogP contribution in [-0.4, -0.2) is 30.1 Å². The highest BCUT2D eigenvalue weighted by molar-refractivity contribution is 5.90. The number of aliphatic carboxylic acids is 1. The van der Waals surface area contributed by atoms with Gasteiger partial charge in [-0.15, -0.1) is 0 Å². The molecule has 1 aromatic rings. The van der Waals surface area contributed by atoms with Crippen LogP contribution in [0, 0.1) is 5.92 Å². The van der Waals surface area contributed by atoms with Gasteiger partial charge in [0.1, 0.15) is 5.75 Å². The summed E-state index contributed by atoms with van der Waals surface area (Å²) in [5.41, 5.74) is 6.08. The van der Waals surface area contributed by atoms with Crippen LogP contribution in [0.3, 0.4) is 0 Å². The van der Waals surface area contributed by atoms with Crippen molar-refractivity contribution in [3.8, 4) is 5.75 Å². The zero-order chi connectivity index (χ0) is 14.3. The SMILES string of the molecule is CC(CN)CC(=O)Nc1ccc(OCC(=O)O)cc1. The summed E-state index contributed by atoms with van der Waals surface area (Å²) in [5.74, 6) is -0.556. The van der Waals surface area contributed by atoms with Crippen molar-refractivity contribution >= 4 is 17.6 Å². The largest absolute Gasteiger partial charge is 0.482 e. The number of nitrogens with two attached hydrogens (primary N) is 1. The van der Waals surface area contributed by atoms with Crippen molar-refractivity contribution in [2.45, 2.75) is 13.3 Å². The predicted octanol–water partition coefficient (Wildman–Crippen LogP) is 1.07. The summed E-state index contributed by atoms with van der Waals surface area (Å²) < 4.78 is 4.98. The maximum Gasteiger partial charge on any atom is 0.341 e. The van der Waals surface area contributed by atoms with E-state index in [9.17, 15) is 9.59 Å². The van der Waals surface area contributed by atoms with Gasteiger partial charge in [-0.2, -0.15) is 0 Å². The molecule has 6 nitrogen and oxygen atoms in total. The number of carboxylic acids is 1. The van der Waals surface area contributed by atoms with Crippen LogP contribution in [0.15, 0.2) is 24.3 Å². The molecule has 0 radical (unpaired) electrons. The Hall–Kier alpha value is -2.08. The lowest BCUT2D eigenvalue weighted by atomic mass is 10.1. The number of rotatable bonds is 7. The molecule has 6 heteroatoms. The third-order valence-electron chi connectivity index (χ3n) is 2.44. The van der Waals surface area contributed by atoms with Crippen molar-refractivity contribution < 1.29 is 19.4 Å². The zero-order valence-corrected chi connectivity index (χ0v) is 10.8. The van der Waals surface area contributed by atoms with Crippen LogP contribution in [0.5, 0.6) is 5.75 Å². The average molecular weight is 266 g/mol. The molecule has 0 spiro atoms. The molecule has 0 aliphatic heterocycles. The molecule has 0 heterocycles. The summed E-state index contributed by atoms with van der Waals surface area (Å²) in [5, 5.41) is 11.2. The fourth-order valence-electron chi connectivity index (χ4n) is 1.39. The Kier molecular flexibility index (Phi) is 5.81. The highest BCUT2D eigenvalue weighted by Crippen LogP contribution is 2.16. The van der Waals surface area contributed by atoms with E-state index in [4.69, 9.17) is 15.6 Å². The second-order valence-corrected chi connectivity index (χ2v) is 4.30. The first-order valence-corrected chi connectivity index (χ1v) is 5.96. The zero-order valence-electron chi connectivity index (χ0n) is 10.8. The first kappa shape index (κ1) is 15.0. The Morgan fingerprint density at radius 2 is 2.00 bits per heavy atom. The molecule has 0 bridgehead atoms. The van der Waals surface area contributed by atoms with Gasteiger partial charge in [0.2, 0.25) is 5.91 Å². The summed E-state index contributed by atoms with van der Waals surface area (Å²) in [7, 11) is 0. The van der Waals surface area contributed by atoms with E-state index in [1.54, 1.807) is 24.3 Å². The number of carbonyl (C=O) groups is 2. The van der Waals surface area contributed by atoms with E-state index in [1.165, 1.54) is 0 Å². The normalized spacial score (nSPS) is 11.7. The second-order valence-electron chi connectivity index (χ2n) is 4.30. The van der Waals surface area contributed by atoms with Gasteiger partial charge in [0, 0.05) is 12.1 Å². The third kappa shape index (κ3) is 5.87. The molecule has 0 aliphatic carbocycles. The molecule has 4 N–H and O–H groups in total. The Morgan fingerprint density at radius 3 is 2.53 bits per heavy atom. The molecular weight excluding hydrogens is 248 g/mol. The number of amides is 1. The Labute approximate surface area is 111 Å². The van der Waals surface area contributed by atoms with Crippen molar-refractivity contribution in [1.82, 2.24) is 0 Å². The highest BCUT2D eigenvalue weighted by atomic mass is 16.5. The van der Waals surface area contributed by atoms with Gasteiger partial charge in [0.05, 0.1) is 0 Å². The molecule has 19 heavy (non-hydrogen) atoms. The molecule has 0 saturated carbocycles. The van der Waals surface area contributed by atoms with Gasteiger partial charge in [-0.3, -0.25) is 4.79 Å². The topological polar surface area (TPSA) is 102 Å². The smallest absolute Gasteiger partial charge is 0.341 e. The van der Waals surface area contributed by atoms with Crippen LogP contribution >= 0.6 is 0 Å². The van der Waals surface area contributed by atoms with Crippen molar-refractivity contribution in [1.29, 1.82) is 0 Å². The van der Waals surface area contributed by atoms with Crippen molar-refractivity contribution in [2.75, 3.05) is 18.5 Å². The number of nitrogens with one attached hydrogen (secondary N) is 1. The molecule has 1 amide bonds. The molecule has 1 atom stereocenters. The molecule has 0 saturated heterocycles. The number of hydrogen-bond acceptors (Lipinski definition) is 4. The van der Waals surface area contributed by atoms with Crippen LogP contribution in [0.1, 0.15) is 13.3 Å². The summed E-state index contributed by atoms with van der Waals surface area (Å²) >= 11 is 0. The summed E-state index contributed by atoms with van der Waals surface area (Å²) in [6, 6.07) is 6.51. The van der Waals surface area contributed by atoms with E-state index >= 15 is 0 Å². The van der Waals surface area contributed by atoms with Crippen LogP contribution < -0.4 is 15.8 Å². The summed E-state index contributed by atoms with van der Waals surface area (Å²) in [6.45, 7) is 1.98. The number of anilines is 1. The standard InChI is InChI=1S/C13H18N2O4/c1-9(7-14)6-12(16)15-10-2-4-11(5-3-10)19-8-13(17)18/h2-5,9H,6-8,14H2,1H3,(H,15,16)(H,17,18). The van der Waals surface area contributed by atoms with E-state index in [0.717, 1.165) is 0 Å². The molecule has 0 aromatic heterocycles. The predicted molar refractivity (Wildman–Crippen MR) is 71.0 cm³/mol. The number of carbonyl (C=O) groups excluding carboxylic acids is 1. The Bertz CT molecular complexity index is 431. The minimum Gasteiger partial charge on any atom is -0.482 e. The number of hydrogen-bond donors (Lipinski definition) is 3. The van der Waals surface area contributed by atoms with E-state index in [1.807, 2.05) is 6.92 Å². The van der Waals surface area contributed by atoms with Gasteiger partial charge in [-0.25, -0.2) is 4.79 Å².